The molecule has 7 heteroatoms. The van der Waals surface area contributed by atoms with E-state index in [1.807, 2.05) is 32.2 Å². The number of benzene rings is 1. The first kappa shape index (κ1) is 22.3. The Hall–Kier alpha value is -0.730. The summed E-state index contributed by atoms with van der Waals surface area (Å²) in [6.07, 6.45) is 2.07. The van der Waals surface area contributed by atoms with Gasteiger partial charge in [-0.25, -0.2) is 0 Å². The van der Waals surface area contributed by atoms with Crippen molar-refractivity contribution >= 4 is 41.5 Å². The van der Waals surface area contributed by atoms with Gasteiger partial charge in [-0.2, -0.15) is 0 Å². The van der Waals surface area contributed by atoms with E-state index in [4.69, 9.17) is 21.1 Å². The third-order valence-corrected chi connectivity index (χ3v) is 4.43. The van der Waals surface area contributed by atoms with Crippen LogP contribution in [0.4, 0.5) is 0 Å². The molecule has 0 amide bonds. The monoisotopic (exact) mass is 481 g/mol. The minimum absolute atomic E-state index is 0. The van der Waals surface area contributed by atoms with E-state index in [0.717, 1.165) is 61.4 Å². The van der Waals surface area contributed by atoms with Gasteiger partial charge in [0.1, 0.15) is 5.75 Å². The van der Waals surface area contributed by atoms with Crippen molar-refractivity contribution in [2.24, 2.45) is 10.9 Å². The van der Waals surface area contributed by atoms with Gasteiger partial charge in [-0.15, -0.1) is 24.0 Å². The first-order chi connectivity index (χ1) is 11.6. The Kier molecular flexibility index (Phi) is 10.5. The average molecular weight is 482 g/mol. The Morgan fingerprint density at radius 1 is 1.44 bits per heavy atom. The van der Waals surface area contributed by atoms with Crippen molar-refractivity contribution in [2.75, 3.05) is 47.0 Å². The second-order valence-corrected chi connectivity index (χ2v) is 6.58. The zero-order chi connectivity index (χ0) is 17.4. The molecule has 0 aromatic heterocycles. The highest BCUT2D eigenvalue weighted by Crippen LogP contribution is 2.21. The van der Waals surface area contributed by atoms with Gasteiger partial charge in [0, 0.05) is 44.7 Å². The summed E-state index contributed by atoms with van der Waals surface area (Å²) in [5.41, 5.74) is 1.06. The van der Waals surface area contributed by atoms with E-state index in [1.165, 1.54) is 0 Å². The van der Waals surface area contributed by atoms with Gasteiger partial charge in [-0.05, 0) is 43.5 Å². The van der Waals surface area contributed by atoms with Crippen molar-refractivity contribution in [2.45, 2.75) is 19.8 Å². The third kappa shape index (κ3) is 7.19. The van der Waals surface area contributed by atoms with Crippen LogP contribution >= 0.6 is 35.6 Å². The molecule has 1 atom stereocenters. The van der Waals surface area contributed by atoms with Crippen LogP contribution in [0.25, 0.3) is 0 Å². The SMILES string of the molecule is CN=C(NCCCOc1ccc(Cl)cc1C)N1CCC(COC)C1.I. The zero-order valence-corrected chi connectivity index (χ0v) is 18.3. The maximum absolute atomic E-state index is 5.95. The van der Waals surface area contributed by atoms with Crippen LogP contribution in [0.3, 0.4) is 0 Å². The molecule has 25 heavy (non-hydrogen) atoms. The molecule has 0 saturated carbocycles. The van der Waals surface area contributed by atoms with E-state index in [0.29, 0.717) is 12.5 Å². The molecule has 1 aromatic rings. The molecular weight excluding hydrogens is 453 g/mol. The van der Waals surface area contributed by atoms with Crippen LogP contribution in [0.1, 0.15) is 18.4 Å². The van der Waals surface area contributed by atoms with E-state index in [2.05, 4.69) is 15.2 Å². The topological polar surface area (TPSA) is 46.1 Å². The molecule has 0 aliphatic carbocycles. The molecule has 1 aliphatic rings. The highest BCUT2D eigenvalue weighted by molar-refractivity contribution is 14.0. The lowest BCUT2D eigenvalue weighted by Gasteiger charge is -2.21. The van der Waals surface area contributed by atoms with Crippen LogP contribution in [0.2, 0.25) is 5.02 Å². The summed E-state index contributed by atoms with van der Waals surface area (Å²) >= 11 is 5.95. The van der Waals surface area contributed by atoms with Crippen molar-refractivity contribution in [1.82, 2.24) is 10.2 Å². The van der Waals surface area contributed by atoms with Crippen molar-refractivity contribution in [3.05, 3.63) is 28.8 Å². The minimum atomic E-state index is 0. The van der Waals surface area contributed by atoms with Gasteiger partial charge in [-0.3, -0.25) is 4.99 Å². The number of guanidine groups is 1. The Bertz CT molecular complexity index is 557. The number of aliphatic imine (C=N–C) groups is 1. The molecule has 142 valence electrons. The highest BCUT2D eigenvalue weighted by Gasteiger charge is 2.24. The lowest BCUT2D eigenvalue weighted by molar-refractivity contribution is 0.157. The molecule has 1 N–H and O–H groups in total. The second kappa shape index (κ2) is 11.8. The fourth-order valence-electron chi connectivity index (χ4n) is 2.96. The molecule has 0 spiro atoms. The van der Waals surface area contributed by atoms with Crippen LogP contribution in [0.15, 0.2) is 23.2 Å². The number of likely N-dealkylation sites (tertiary alicyclic amines) is 1. The summed E-state index contributed by atoms with van der Waals surface area (Å²) < 4.78 is 11.1. The quantitative estimate of drug-likeness (QED) is 0.280. The van der Waals surface area contributed by atoms with E-state index in [9.17, 15) is 0 Å². The summed E-state index contributed by atoms with van der Waals surface area (Å²) in [7, 11) is 3.59. The minimum Gasteiger partial charge on any atom is -0.493 e. The Balaban J connectivity index is 0.00000312. The number of nitrogens with one attached hydrogen (secondary N) is 1. The van der Waals surface area contributed by atoms with E-state index in [1.54, 1.807) is 7.11 Å². The van der Waals surface area contributed by atoms with E-state index < -0.39 is 0 Å². The molecule has 1 saturated heterocycles. The summed E-state index contributed by atoms with van der Waals surface area (Å²) in [5.74, 6) is 2.46. The third-order valence-electron chi connectivity index (χ3n) is 4.20. The van der Waals surface area contributed by atoms with Crippen molar-refractivity contribution in [1.29, 1.82) is 0 Å². The first-order valence-corrected chi connectivity index (χ1v) is 8.85. The summed E-state index contributed by atoms with van der Waals surface area (Å²) in [6, 6.07) is 5.69. The molecule has 1 aliphatic heterocycles. The molecule has 5 nitrogen and oxygen atoms in total. The summed E-state index contributed by atoms with van der Waals surface area (Å²) in [5, 5.41) is 4.16. The molecule has 1 unspecified atom stereocenters. The molecule has 0 bridgehead atoms. The van der Waals surface area contributed by atoms with Crippen LogP contribution < -0.4 is 10.1 Å². The van der Waals surface area contributed by atoms with Crippen molar-refractivity contribution in [3.8, 4) is 5.75 Å². The number of methoxy groups -OCH3 is 1. The lowest BCUT2D eigenvalue weighted by atomic mass is 10.1. The maximum Gasteiger partial charge on any atom is 0.193 e. The van der Waals surface area contributed by atoms with E-state index >= 15 is 0 Å². The molecule has 2 rings (SSSR count). The molecule has 1 fully saturated rings. The maximum atomic E-state index is 5.95. The first-order valence-electron chi connectivity index (χ1n) is 8.47. The highest BCUT2D eigenvalue weighted by atomic mass is 127. The Labute approximate surface area is 173 Å². The number of halogens is 2. The fraction of sp³-hybridized carbons (Fsp3) is 0.611. The van der Waals surface area contributed by atoms with Gasteiger partial charge in [0.25, 0.3) is 0 Å². The normalized spacial score (nSPS) is 17.4. The fourth-order valence-corrected chi connectivity index (χ4v) is 3.18. The van der Waals surface area contributed by atoms with Gasteiger partial charge in [-0.1, -0.05) is 11.6 Å². The van der Waals surface area contributed by atoms with Crippen LogP contribution in [-0.4, -0.2) is 57.9 Å². The number of rotatable bonds is 7. The smallest absolute Gasteiger partial charge is 0.193 e. The van der Waals surface area contributed by atoms with Gasteiger partial charge >= 0.3 is 0 Å². The summed E-state index contributed by atoms with van der Waals surface area (Å²) in [4.78, 5) is 6.68. The van der Waals surface area contributed by atoms with Crippen LogP contribution in [0, 0.1) is 12.8 Å². The molecular formula is C18H29ClIN3O2. The van der Waals surface area contributed by atoms with Gasteiger partial charge in [0.05, 0.1) is 13.2 Å². The predicted octanol–water partition coefficient (Wildman–Crippen LogP) is 3.58. The average Bonchev–Trinajstić information content (AvgIpc) is 3.01. The van der Waals surface area contributed by atoms with Crippen LogP contribution in [-0.2, 0) is 4.74 Å². The zero-order valence-electron chi connectivity index (χ0n) is 15.3. The van der Waals surface area contributed by atoms with Crippen LogP contribution in [0.5, 0.6) is 5.75 Å². The van der Waals surface area contributed by atoms with E-state index in [-0.39, 0.29) is 24.0 Å². The standard InChI is InChI=1S/C18H28ClN3O2.HI/c1-14-11-16(19)5-6-17(14)24-10-4-8-21-18(20-2)22-9-7-15(12-22)13-23-3;/h5-6,11,15H,4,7-10,12-13H2,1-3H3,(H,20,21);1H. The number of aryl methyl sites for hydroxylation is 1. The molecule has 1 heterocycles. The number of ether oxygens (including phenoxy) is 2. The van der Waals surface area contributed by atoms with Crippen molar-refractivity contribution < 1.29 is 9.47 Å². The van der Waals surface area contributed by atoms with Gasteiger partial charge in [0.2, 0.25) is 0 Å². The number of nitrogens with zero attached hydrogens (tertiary/aromatic N) is 2. The Morgan fingerprint density at radius 2 is 2.24 bits per heavy atom. The molecule has 0 radical (unpaired) electrons. The lowest BCUT2D eigenvalue weighted by Crippen LogP contribution is -2.40. The largest absolute Gasteiger partial charge is 0.493 e. The summed E-state index contributed by atoms with van der Waals surface area (Å²) in [6.45, 7) is 6.37. The number of hydrogen-bond acceptors (Lipinski definition) is 3. The van der Waals surface area contributed by atoms with Crippen molar-refractivity contribution in [3.63, 3.8) is 0 Å². The Morgan fingerprint density at radius 3 is 2.92 bits per heavy atom. The second-order valence-electron chi connectivity index (χ2n) is 6.14. The number of hydrogen-bond donors (Lipinski definition) is 1. The predicted molar refractivity (Wildman–Crippen MR) is 115 cm³/mol. The van der Waals surface area contributed by atoms with Gasteiger partial charge in [0.15, 0.2) is 5.96 Å². The molecule has 1 aromatic carbocycles. The van der Waals surface area contributed by atoms with Gasteiger partial charge < -0.3 is 19.7 Å².